The standard InChI is InChI=1S/C21H11ClN2O3/c22-9-5-6-15-12(7-9)19(25)13-8-14(23)16-17(18(13)24-15)21(27)11-4-2-1-3-10(11)20(16)26/h1-8H,23H2,(H,24,25). The van der Waals surface area contributed by atoms with Crippen molar-refractivity contribution in [3.8, 4) is 0 Å². The second-order valence-electron chi connectivity index (χ2n) is 6.49. The number of hydrogen-bond donors (Lipinski definition) is 2. The number of nitrogen functional groups attached to an aromatic ring is 1. The summed E-state index contributed by atoms with van der Waals surface area (Å²) >= 11 is 6.01. The topological polar surface area (TPSA) is 93.0 Å². The minimum atomic E-state index is -0.332. The molecule has 0 bridgehead atoms. The summed E-state index contributed by atoms with van der Waals surface area (Å²) in [5.41, 5.74) is 7.66. The van der Waals surface area contributed by atoms with Gasteiger partial charge in [-0.25, -0.2) is 0 Å². The number of carbonyl (C=O) groups excluding carboxylic acids is 2. The molecule has 0 atom stereocenters. The van der Waals surface area contributed by atoms with E-state index in [9.17, 15) is 14.4 Å². The summed E-state index contributed by atoms with van der Waals surface area (Å²) < 4.78 is 0. The van der Waals surface area contributed by atoms with Crippen molar-refractivity contribution in [2.24, 2.45) is 0 Å². The summed E-state index contributed by atoms with van der Waals surface area (Å²) in [6.07, 6.45) is 0. The minimum absolute atomic E-state index is 0.109. The molecule has 0 radical (unpaired) electrons. The Morgan fingerprint density at radius 2 is 1.48 bits per heavy atom. The lowest BCUT2D eigenvalue weighted by atomic mass is 9.82. The van der Waals surface area contributed by atoms with Crippen LogP contribution in [0.1, 0.15) is 31.8 Å². The Hall–Kier alpha value is -3.44. The summed E-state index contributed by atoms with van der Waals surface area (Å²) in [6, 6.07) is 12.9. The van der Waals surface area contributed by atoms with Crippen LogP contribution < -0.4 is 11.2 Å². The van der Waals surface area contributed by atoms with E-state index in [4.69, 9.17) is 17.3 Å². The van der Waals surface area contributed by atoms with Gasteiger partial charge in [0.1, 0.15) is 0 Å². The van der Waals surface area contributed by atoms with Crippen LogP contribution in [0.25, 0.3) is 21.8 Å². The lowest BCUT2D eigenvalue weighted by Gasteiger charge is -2.20. The number of nitrogens with one attached hydrogen (secondary N) is 1. The van der Waals surface area contributed by atoms with Crippen molar-refractivity contribution in [3.05, 3.63) is 86.0 Å². The lowest BCUT2D eigenvalue weighted by Crippen LogP contribution is -2.24. The van der Waals surface area contributed by atoms with Crippen LogP contribution in [0.2, 0.25) is 5.02 Å². The van der Waals surface area contributed by atoms with E-state index in [0.29, 0.717) is 32.6 Å². The molecule has 0 fully saturated rings. The number of ketones is 2. The van der Waals surface area contributed by atoms with E-state index in [1.54, 1.807) is 42.5 Å². The number of aromatic nitrogens is 1. The Bertz CT molecular complexity index is 1400. The molecule has 1 aliphatic rings. The molecule has 1 heterocycles. The number of halogens is 1. The fourth-order valence-corrected chi connectivity index (χ4v) is 3.90. The molecule has 5 rings (SSSR count). The van der Waals surface area contributed by atoms with Crippen molar-refractivity contribution in [1.29, 1.82) is 0 Å². The Morgan fingerprint density at radius 3 is 2.19 bits per heavy atom. The maximum Gasteiger partial charge on any atom is 0.197 e. The first-order valence-corrected chi connectivity index (χ1v) is 8.61. The quantitative estimate of drug-likeness (QED) is 0.319. The van der Waals surface area contributed by atoms with Gasteiger partial charge in [-0.3, -0.25) is 14.4 Å². The highest BCUT2D eigenvalue weighted by Crippen LogP contribution is 2.35. The number of H-pyrrole nitrogens is 1. The highest BCUT2D eigenvalue weighted by Gasteiger charge is 2.33. The molecule has 1 aromatic heterocycles. The number of anilines is 1. The third kappa shape index (κ3) is 2.03. The molecule has 5 nitrogen and oxygen atoms in total. The average molecular weight is 375 g/mol. The van der Waals surface area contributed by atoms with E-state index < -0.39 is 0 Å². The van der Waals surface area contributed by atoms with Gasteiger partial charge in [-0.15, -0.1) is 0 Å². The zero-order valence-corrected chi connectivity index (χ0v) is 14.6. The SMILES string of the molecule is Nc1cc2c(=O)c3cc(Cl)ccc3[nH]c2c2c1C(=O)c1ccccc1C2=O. The van der Waals surface area contributed by atoms with Gasteiger partial charge in [-0.1, -0.05) is 35.9 Å². The molecule has 1 aliphatic carbocycles. The van der Waals surface area contributed by atoms with E-state index in [-0.39, 0.29) is 39.2 Å². The van der Waals surface area contributed by atoms with Crippen LogP contribution in [0.15, 0.2) is 53.3 Å². The molecule has 130 valence electrons. The molecule has 0 saturated carbocycles. The third-order valence-electron chi connectivity index (χ3n) is 4.96. The number of fused-ring (bicyclic) bond motifs is 5. The number of aromatic amines is 1. The number of benzene rings is 3. The zero-order valence-electron chi connectivity index (χ0n) is 13.8. The Kier molecular flexibility index (Phi) is 3.09. The number of nitrogens with two attached hydrogens (primary N) is 1. The van der Waals surface area contributed by atoms with Gasteiger partial charge in [0.25, 0.3) is 0 Å². The van der Waals surface area contributed by atoms with Gasteiger partial charge in [0.05, 0.1) is 16.6 Å². The van der Waals surface area contributed by atoms with Crippen LogP contribution in [0, 0.1) is 0 Å². The van der Waals surface area contributed by atoms with Gasteiger partial charge in [-0.05, 0) is 24.3 Å². The van der Waals surface area contributed by atoms with Crippen LogP contribution in [0.4, 0.5) is 5.69 Å². The molecule has 0 unspecified atom stereocenters. The fraction of sp³-hybridized carbons (Fsp3) is 0. The summed E-state index contributed by atoms with van der Waals surface area (Å²) in [5, 5.41) is 1.07. The number of carbonyl (C=O) groups is 2. The summed E-state index contributed by atoms with van der Waals surface area (Å²) in [5.74, 6) is -0.655. The first-order chi connectivity index (χ1) is 13.0. The predicted molar refractivity (Wildman–Crippen MR) is 105 cm³/mol. The highest BCUT2D eigenvalue weighted by atomic mass is 35.5. The molecule has 0 aliphatic heterocycles. The normalized spacial score (nSPS) is 13.1. The first kappa shape index (κ1) is 15.8. The van der Waals surface area contributed by atoms with Crippen molar-refractivity contribution >= 4 is 50.7 Å². The number of pyridine rings is 1. The van der Waals surface area contributed by atoms with E-state index >= 15 is 0 Å². The van der Waals surface area contributed by atoms with Crippen LogP contribution in [0.5, 0.6) is 0 Å². The van der Waals surface area contributed by atoms with Gasteiger partial charge in [0, 0.05) is 38.1 Å². The molecule has 27 heavy (non-hydrogen) atoms. The average Bonchev–Trinajstić information content (AvgIpc) is 2.67. The molecule has 6 heteroatoms. The van der Waals surface area contributed by atoms with Crippen LogP contribution in [-0.2, 0) is 0 Å². The predicted octanol–water partition coefficient (Wildman–Crippen LogP) is 3.69. The maximum absolute atomic E-state index is 13.2. The Labute approximate surface area is 157 Å². The van der Waals surface area contributed by atoms with Gasteiger partial charge in [0.15, 0.2) is 17.0 Å². The third-order valence-corrected chi connectivity index (χ3v) is 5.19. The fourth-order valence-electron chi connectivity index (χ4n) is 3.73. The van der Waals surface area contributed by atoms with Crippen LogP contribution in [-0.4, -0.2) is 16.6 Å². The summed E-state index contributed by atoms with van der Waals surface area (Å²) in [6.45, 7) is 0. The van der Waals surface area contributed by atoms with Gasteiger partial charge >= 0.3 is 0 Å². The molecular weight excluding hydrogens is 364 g/mol. The monoisotopic (exact) mass is 374 g/mol. The Morgan fingerprint density at radius 1 is 0.815 bits per heavy atom. The van der Waals surface area contributed by atoms with Crippen molar-refractivity contribution in [3.63, 3.8) is 0 Å². The Balaban J connectivity index is 1.99. The molecular formula is C21H11ClN2O3. The lowest BCUT2D eigenvalue weighted by molar-refractivity contribution is 0.0981. The molecule has 0 saturated heterocycles. The van der Waals surface area contributed by atoms with E-state index in [1.807, 2.05) is 0 Å². The smallest absolute Gasteiger partial charge is 0.197 e. The molecule has 3 N–H and O–H groups in total. The van der Waals surface area contributed by atoms with Gasteiger partial charge in [0.2, 0.25) is 0 Å². The summed E-state index contributed by atoms with van der Waals surface area (Å²) in [4.78, 5) is 42.2. The van der Waals surface area contributed by atoms with Crippen molar-refractivity contribution in [1.82, 2.24) is 4.98 Å². The van der Waals surface area contributed by atoms with Gasteiger partial charge in [-0.2, -0.15) is 0 Å². The second kappa shape index (κ2) is 5.28. The highest BCUT2D eigenvalue weighted by molar-refractivity contribution is 6.34. The minimum Gasteiger partial charge on any atom is -0.398 e. The van der Waals surface area contributed by atoms with E-state index in [1.165, 1.54) is 6.07 Å². The molecule has 3 aromatic carbocycles. The summed E-state index contributed by atoms with van der Waals surface area (Å²) in [7, 11) is 0. The molecule has 0 spiro atoms. The first-order valence-electron chi connectivity index (χ1n) is 8.23. The van der Waals surface area contributed by atoms with Gasteiger partial charge < -0.3 is 10.7 Å². The van der Waals surface area contributed by atoms with Crippen LogP contribution in [0.3, 0.4) is 0 Å². The van der Waals surface area contributed by atoms with Crippen molar-refractivity contribution in [2.45, 2.75) is 0 Å². The largest absolute Gasteiger partial charge is 0.398 e. The number of hydrogen-bond acceptors (Lipinski definition) is 4. The van der Waals surface area contributed by atoms with E-state index in [0.717, 1.165) is 0 Å². The number of rotatable bonds is 0. The second-order valence-corrected chi connectivity index (χ2v) is 6.92. The zero-order chi connectivity index (χ0) is 18.9. The maximum atomic E-state index is 13.2. The van der Waals surface area contributed by atoms with Crippen molar-refractivity contribution < 1.29 is 9.59 Å². The van der Waals surface area contributed by atoms with E-state index in [2.05, 4.69) is 4.98 Å². The van der Waals surface area contributed by atoms with Crippen molar-refractivity contribution in [2.75, 3.05) is 5.73 Å². The molecule has 0 amide bonds. The van der Waals surface area contributed by atoms with Crippen LogP contribution >= 0.6 is 11.6 Å². The molecule has 4 aromatic rings.